The molecule has 3 heteroatoms. The molecule has 104 valence electrons. The molecule has 20 heavy (non-hydrogen) atoms. The summed E-state index contributed by atoms with van der Waals surface area (Å²) in [6, 6.07) is 18.1. The van der Waals surface area contributed by atoms with E-state index in [9.17, 15) is 4.79 Å². The van der Waals surface area contributed by atoms with Crippen molar-refractivity contribution in [2.45, 2.75) is 13.3 Å². The van der Waals surface area contributed by atoms with Crippen molar-refractivity contribution in [2.24, 2.45) is 0 Å². The molecule has 0 aliphatic heterocycles. The van der Waals surface area contributed by atoms with E-state index in [1.807, 2.05) is 49.4 Å². The molecule has 0 heterocycles. The number of hydrogen-bond acceptors (Lipinski definition) is 2. The third-order valence-electron chi connectivity index (χ3n) is 3.05. The van der Waals surface area contributed by atoms with E-state index in [4.69, 9.17) is 0 Å². The average Bonchev–Trinajstić information content (AvgIpc) is 2.49. The lowest BCUT2D eigenvalue weighted by Crippen LogP contribution is -2.21. The van der Waals surface area contributed by atoms with Crippen LogP contribution in [-0.4, -0.2) is 19.0 Å². The van der Waals surface area contributed by atoms with Gasteiger partial charge in [-0.1, -0.05) is 49.4 Å². The van der Waals surface area contributed by atoms with Gasteiger partial charge in [0.25, 0.3) is 0 Å². The van der Waals surface area contributed by atoms with E-state index in [0.29, 0.717) is 13.0 Å². The van der Waals surface area contributed by atoms with Gasteiger partial charge in [0, 0.05) is 18.7 Å². The second-order valence-corrected chi connectivity index (χ2v) is 4.60. The number of rotatable bonds is 6. The van der Waals surface area contributed by atoms with E-state index in [-0.39, 0.29) is 5.91 Å². The molecule has 0 aliphatic rings. The van der Waals surface area contributed by atoms with Gasteiger partial charge in [-0.25, -0.2) is 0 Å². The van der Waals surface area contributed by atoms with Crippen LogP contribution < -0.4 is 10.6 Å². The first-order chi connectivity index (χ1) is 9.79. The van der Waals surface area contributed by atoms with Crippen molar-refractivity contribution in [3.63, 3.8) is 0 Å². The summed E-state index contributed by atoms with van der Waals surface area (Å²) < 4.78 is 0. The average molecular weight is 268 g/mol. The SMILES string of the molecule is CCNCCC(=O)Nc1ccc(-c2ccccc2)cc1. The highest BCUT2D eigenvalue weighted by Gasteiger charge is 2.02. The van der Waals surface area contributed by atoms with Crippen LogP contribution >= 0.6 is 0 Å². The molecule has 0 unspecified atom stereocenters. The zero-order chi connectivity index (χ0) is 14.2. The van der Waals surface area contributed by atoms with Gasteiger partial charge in [-0.05, 0) is 29.8 Å². The van der Waals surface area contributed by atoms with Gasteiger partial charge >= 0.3 is 0 Å². The molecular weight excluding hydrogens is 248 g/mol. The van der Waals surface area contributed by atoms with Gasteiger partial charge in [0.15, 0.2) is 0 Å². The minimum atomic E-state index is 0.0402. The van der Waals surface area contributed by atoms with Crippen molar-refractivity contribution in [3.8, 4) is 11.1 Å². The summed E-state index contributed by atoms with van der Waals surface area (Å²) in [4.78, 5) is 11.7. The highest BCUT2D eigenvalue weighted by Crippen LogP contribution is 2.20. The molecule has 0 saturated carbocycles. The topological polar surface area (TPSA) is 41.1 Å². The molecule has 2 aromatic rings. The Morgan fingerprint density at radius 1 is 0.950 bits per heavy atom. The van der Waals surface area contributed by atoms with E-state index < -0.39 is 0 Å². The van der Waals surface area contributed by atoms with Crippen LogP contribution in [0.4, 0.5) is 5.69 Å². The van der Waals surface area contributed by atoms with Crippen LogP contribution in [0.3, 0.4) is 0 Å². The van der Waals surface area contributed by atoms with Gasteiger partial charge in [-0.3, -0.25) is 4.79 Å². The quantitative estimate of drug-likeness (QED) is 0.789. The maximum atomic E-state index is 11.7. The van der Waals surface area contributed by atoms with Crippen LogP contribution in [-0.2, 0) is 4.79 Å². The summed E-state index contributed by atoms with van der Waals surface area (Å²) in [6.07, 6.45) is 0.494. The van der Waals surface area contributed by atoms with E-state index in [1.54, 1.807) is 0 Å². The Morgan fingerprint density at radius 2 is 1.60 bits per heavy atom. The Labute approximate surface area is 120 Å². The Kier molecular flexibility index (Phi) is 5.33. The summed E-state index contributed by atoms with van der Waals surface area (Å²) in [6.45, 7) is 3.63. The van der Waals surface area contributed by atoms with Crippen molar-refractivity contribution in [3.05, 3.63) is 54.6 Å². The molecular formula is C17H20N2O. The lowest BCUT2D eigenvalue weighted by molar-refractivity contribution is -0.116. The summed E-state index contributed by atoms with van der Waals surface area (Å²) in [5, 5.41) is 6.04. The lowest BCUT2D eigenvalue weighted by Gasteiger charge is -2.07. The van der Waals surface area contributed by atoms with E-state index >= 15 is 0 Å². The summed E-state index contributed by atoms with van der Waals surface area (Å²) >= 11 is 0. The van der Waals surface area contributed by atoms with E-state index in [1.165, 1.54) is 5.56 Å². The Bertz CT molecular complexity index is 535. The zero-order valence-electron chi connectivity index (χ0n) is 11.7. The number of nitrogens with one attached hydrogen (secondary N) is 2. The van der Waals surface area contributed by atoms with Crippen molar-refractivity contribution >= 4 is 11.6 Å². The first-order valence-electron chi connectivity index (χ1n) is 6.95. The molecule has 0 bridgehead atoms. The van der Waals surface area contributed by atoms with Gasteiger partial charge in [0.1, 0.15) is 0 Å². The fraction of sp³-hybridized carbons (Fsp3) is 0.235. The first kappa shape index (κ1) is 14.3. The van der Waals surface area contributed by atoms with Crippen molar-refractivity contribution < 1.29 is 4.79 Å². The summed E-state index contributed by atoms with van der Waals surface area (Å²) in [5.74, 6) is 0.0402. The normalized spacial score (nSPS) is 10.2. The van der Waals surface area contributed by atoms with Crippen LogP contribution in [0.25, 0.3) is 11.1 Å². The smallest absolute Gasteiger partial charge is 0.225 e. The first-order valence-corrected chi connectivity index (χ1v) is 6.95. The van der Waals surface area contributed by atoms with Gasteiger partial charge < -0.3 is 10.6 Å². The van der Waals surface area contributed by atoms with Crippen LogP contribution in [0.5, 0.6) is 0 Å². The molecule has 3 nitrogen and oxygen atoms in total. The van der Waals surface area contributed by atoms with Crippen LogP contribution in [0.15, 0.2) is 54.6 Å². The Morgan fingerprint density at radius 3 is 2.25 bits per heavy atom. The molecule has 2 N–H and O–H groups in total. The Hall–Kier alpha value is -2.13. The van der Waals surface area contributed by atoms with Gasteiger partial charge in [0.05, 0.1) is 0 Å². The number of benzene rings is 2. The highest BCUT2D eigenvalue weighted by molar-refractivity contribution is 5.91. The van der Waals surface area contributed by atoms with Crippen LogP contribution in [0.2, 0.25) is 0 Å². The number of anilines is 1. The standard InChI is InChI=1S/C17H20N2O/c1-2-18-13-12-17(20)19-16-10-8-15(9-11-16)14-6-4-3-5-7-14/h3-11,18H,2,12-13H2,1H3,(H,19,20). The molecule has 0 atom stereocenters. The van der Waals surface area contributed by atoms with Crippen molar-refractivity contribution in [1.29, 1.82) is 0 Å². The number of carbonyl (C=O) groups is 1. The molecule has 0 spiro atoms. The van der Waals surface area contributed by atoms with E-state index in [2.05, 4.69) is 22.8 Å². The predicted molar refractivity (Wildman–Crippen MR) is 83.7 cm³/mol. The maximum absolute atomic E-state index is 11.7. The molecule has 1 amide bonds. The molecule has 0 aliphatic carbocycles. The number of hydrogen-bond donors (Lipinski definition) is 2. The fourth-order valence-corrected chi connectivity index (χ4v) is 1.98. The minimum absolute atomic E-state index is 0.0402. The summed E-state index contributed by atoms with van der Waals surface area (Å²) in [7, 11) is 0. The number of carbonyl (C=O) groups excluding carboxylic acids is 1. The fourth-order valence-electron chi connectivity index (χ4n) is 1.98. The minimum Gasteiger partial charge on any atom is -0.326 e. The molecule has 0 aromatic heterocycles. The second-order valence-electron chi connectivity index (χ2n) is 4.60. The van der Waals surface area contributed by atoms with Gasteiger partial charge in [-0.15, -0.1) is 0 Å². The van der Waals surface area contributed by atoms with Crippen LogP contribution in [0.1, 0.15) is 13.3 Å². The summed E-state index contributed by atoms with van der Waals surface area (Å²) in [5.41, 5.74) is 3.17. The van der Waals surface area contributed by atoms with E-state index in [0.717, 1.165) is 17.8 Å². The molecule has 0 fully saturated rings. The Balaban J connectivity index is 1.93. The van der Waals surface area contributed by atoms with Crippen molar-refractivity contribution in [1.82, 2.24) is 5.32 Å². The third-order valence-corrected chi connectivity index (χ3v) is 3.05. The third kappa shape index (κ3) is 4.21. The lowest BCUT2D eigenvalue weighted by atomic mass is 10.1. The maximum Gasteiger partial charge on any atom is 0.225 e. The molecule has 2 aromatic carbocycles. The molecule has 0 saturated heterocycles. The van der Waals surface area contributed by atoms with Gasteiger partial charge in [0.2, 0.25) is 5.91 Å². The second kappa shape index (κ2) is 7.46. The monoisotopic (exact) mass is 268 g/mol. The predicted octanol–water partition coefficient (Wildman–Crippen LogP) is 3.29. The number of amides is 1. The molecule has 0 radical (unpaired) electrons. The molecule has 2 rings (SSSR count). The van der Waals surface area contributed by atoms with Crippen molar-refractivity contribution in [2.75, 3.05) is 18.4 Å². The van der Waals surface area contributed by atoms with Gasteiger partial charge in [-0.2, -0.15) is 0 Å². The van der Waals surface area contributed by atoms with Crippen LogP contribution in [0, 0.1) is 0 Å². The highest BCUT2D eigenvalue weighted by atomic mass is 16.1. The largest absolute Gasteiger partial charge is 0.326 e. The zero-order valence-corrected chi connectivity index (χ0v) is 11.7.